The van der Waals surface area contributed by atoms with Gasteiger partial charge in [0, 0.05) is 10.9 Å². The smallest absolute Gasteiger partial charge is 0.345 e. The van der Waals surface area contributed by atoms with E-state index in [1.54, 1.807) is 19.9 Å². The SMILES string of the molecule is CCOC(=O)C(=Cc1cc2cc(CC)ccc2nc1Cl)C(=O)OCC. The molecule has 2 rings (SSSR count). The zero-order chi connectivity index (χ0) is 18.4. The lowest BCUT2D eigenvalue weighted by Gasteiger charge is -2.08. The van der Waals surface area contributed by atoms with Crippen LogP contribution < -0.4 is 0 Å². The Hall–Kier alpha value is -2.40. The molecule has 0 spiro atoms. The van der Waals surface area contributed by atoms with Crippen molar-refractivity contribution in [3.63, 3.8) is 0 Å². The van der Waals surface area contributed by atoms with Crippen molar-refractivity contribution in [3.05, 3.63) is 46.1 Å². The molecular formula is C19H20ClNO4. The first-order chi connectivity index (χ1) is 12.0. The molecule has 0 atom stereocenters. The first-order valence-corrected chi connectivity index (χ1v) is 8.53. The molecule has 5 nitrogen and oxygen atoms in total. The number of benzene rings is 1. The maximum Gasteiger partial charge on any atom is 0.345 e. The van der Waals surface area contributed by atoms with Crippen LogP contribution in [0.3, 0.4) is 0 Å². The van der Waals surface area contributed by atoms with Crippen LogP contribution in [0.5, 0.6) is 0 Å². The zero-order valence-corrected chi connectivity index (χ0v) is 15.2. The van der Waals surface area contributed by atoms with E-state index in [2.05, 4.69) is 11.9 Å². The highest BCUT2D eigenvalue weighted by atomic mass is 35.5. The third kappa shape index (κ3) is 4.57. The van der Waals surface area contributed by atoms with Gasteiger partial charge in [-0.25, -0.2) is 14.6 Å². The van der Waals surface area contributed by atoms with Gasteiger partial charge in [-0.2, -0.15) is 0 Å². The average Bonchev–Trinajstić information content (AvgIpc) is 2.59. The molecule has 1 aromatic carbocycles. The van der Waals surface area contributed by atoms with Gasteiger partial charge in [-0.1, -0.05) is 24.6 Å². The standard InChI is InChI=1S/C19H20ClNO4/c1-4-12-7-8-16-13(9-12)10-14(17(20)21-16)11-15(18(22)24-5-2)19(23)25-6-3/h7-11H,4-6H2,1-3H3. The first-order valence-electron chi connectivity index (χ1n) is 8.15. The minimum Gasteiger partial charge on any atom is -0.462 e. The number of fused-ring (bicyclic) bond motifs is 1. The third-order valence-corrected chi connectivity index (χ3v) is 3.86. The Balaban J connectivity index is 2.54. The van der Waals surface area contributed by atoms with Gasteiger partial charge in [0.15, 0.2) is 0 Å². The minimum atomic E-state index is -0.751. The van der Waals surface area contributed by atoms with E-state index in [9.17, 15) is 9.59 Å². The van der Waals surface area contributed by atoms with Crippen molar-refractivity contribution in [2.75, 3.05) is 13.2 Å². The van der Waals surface area contributed by atoms with Crippen LogP contribution in [-0.4, -0.2) is 30.1 Å². The number of hydrogen-bond donors (Lipinski definition) is 0. The first kappa shape index (κ1) is 18.9. The number of pyridine rings is 1. The number of rotatable bonds is 6. The summed E-state index contributed by atoms with van der Waals surface area (Å²) in [7, 11) is 0. The van der Waals surface area contributed by atoms with Crippen LogP contribution in [0.2, 0.25) is 5.15 Å². The van der Waals surface area contributed by atoms with E-state index in [-0.39, 0.29) is 23.9 Å². The maximum atomic E-state index is 12.1. The van der Waals surface area contributed by atoms with E-state index >= 15 is 0 Å². The highest BCUT2D eigenvalue weighted by Gasteiger charge is 2.21. The predicted molar refractivity (Wildman–Crippen MR) is 97.4 cm³/mol. The minimum absolute atomic E-state index is 0.152. The Labute approximate surface area is 151 Å². The molecule has 0 amide bonds. The summed E-state index contributed by atoms with van der Waals surface area (Å²) in [5.74, 6) is -1.50. The van der Waals surface area contributed by atoms with Crippen LogP contribution in [0.25, 0.3) is 17.0 Å². The summed E-state index contributed by atoms with van der Waals surface area (Å²) >= 11 is 6.22. The van der Waals surface area contributed by atoms with Gasteiger partial charge < -0.3 is 9.47 Å². The summed E-state index contributed by atoms with van der Waals surface area (Å²) in [6.45, 7) is 5.69. The van der Waals surface area contributed by atoms with Gasteiger partial charge in [0.25, 0.3) is 0 Å². The Kier molecular flexibility index (Phi) is 6.53. The number of hydrogen-bond acceptors (Lipinski definition) is 5. The summed E-state index contributed by atoms with van der Waals surface area (Å²) in [5.41, 5.74) is 2.15. The maximum absolute atomic E-state index is 12.1. The van der Waals surface area contributed by atoms with Crippen LogP contribution in [0.1, 0.15) is 31.9 Å². The van der Waals surface area contributed by atoms with Gasteiger partial charge in [0.2, 0.25) is 0 Å². The Bertz CT molecular complexity index is 810. The fraction of sp³-hybridized carbons (Fsp3) is 0.316. The molecule has 25 heavy (non-hydrogen) atoms. The molecule has 0 radical (unpaired) electrons. The third-order valence-electron chi connectivity index (χ3n) is 3.56. The second kappa shape index (κ2) is 8.62. The molecule has 0 fully saturated rings. The number of aryl methyl sites for hydroxylation is 1. The van der Waals surface area contributed by atoms with Crippen LogP contribution in [0.4, 0.5) is 0 Å². The lowest BCUT2D eigenvalue weighted by Crippen LogP contribution is -2.18. The van der Waals surface area contributed by atoms with Crippen molar-refractivity contribution in [1.29, 1.82) is 0 Å². The van der Waals surface area contributed by atoms with Crippen molar-refractivity contribution >= 4 is 40.5 Å². The van der Waals surface area contributed by atoms with E-state index in [0.717, 1.165) is 22.9 Å². The number of ether oxygens (including phenoxy) is 2. The number of esters is 2. The van der Waals surface area contributed by atoms with Crippen molar-refractivity contribution in [2.24, 2.45) is 0 Å². The van der Waals surface area contributed by atoms with Crippen molar-refractivity contribution in [3.8, 4) is 0 Å². The number of halogens is 1. The van der Waals surface area contributed by atoms with Crippen molar-refractivity contribution in [1.82, 2.24) is 4.98 Å². The Morgan fingerprint density at radius 1 is 1.08 bits per heavy atom. The molecule has 0 N–H and O–H groups in total. The van der Waals surface area contributed by atoms with Gasteiger partial charge in [0.1, 0.15) is 10.7 Å². The summed E-state index contributed by atoms with van der Waals surface area (Å²) in [4.78, 5) is 28.5. The lowest BCUT2D eigenvalue weighted by molar-refractivity contribution is -0.146. The molecule has 132 valence electrons. The average molecular weight is 362 g/mol. The van der Waals surface area contributed by atoms with Crippen LogP contribution >= 0.6 is 11.6 Å². The molecule has 0 bridgehead atoms. The molecule has 6 heteroatoms. The number of aromatic nitrogens is 1. The van der Waals surface area contributed by atoms with E-state index in [1.807, 2.05) is 18.2 Å². The van der Waals surface area contributed by atoms with E-state index in [4.69, 9.17) is 21.1 Å². The summed E-state index contributed by atoms with van der Waals surface area (Å²) in [6, 6.07) is 7.68. The molecule has 0 aliphatic heterocycles. The number of carbonyl (C=O) groups is 2. The molecular weight excluding hydrogens is 342 g/mol. The topological polar surface area (TPSA) is 65.5 Å². The summed E-state index contributed by atoms with van der Waals surface area (Å²) in [5, 5.41) is 1.07. The van der Waals surface area contributed by atoms with Gasteiger partial charge >= 0.3 is 11.9 Å². The van der Waals surface area contributed by atoms with E-state index in [0.29, 0.717) is 5.56 Å². The quantitative estimate of drug-likeness (QED) is 0.256. The molecule has 0 aliphatic carbocycles. The largest absolute Gasteiger partial charge is 0.462 e. The van der Waals surface area contributed by atoms with Gasteiger partial charge in [0.05, 0.1) is 18.7 Å². The molecule has 1 heterocycles. The molecule has 0 saturated carbocycles. The second-order valence-electron chi connectivity index (χ2n) is 5.25. The number of nitrogens with zero attached hydrogens (tertiary/aromatic N) is 1. The van der Waals surface area contributed by atoms with Crippen molar-refractivity contribution in [2.45, 2.75) is 27.2 Å². The summed E-state index contributed by atoms with van der Waals surface area (Å²) < 4.78 is 9.87. The molecule has 0 aliphatic rings. The van der Waals surface area contributed by atoms with Gasteiger partial charge in [-0.3, -0.25) is 0 Å². The predicted octanol–water partition coefficient (Wildman–Crippen LogP) is 3.96. The van der Waals surface area contributed by atoms with Crippen LogP contribution in [-0.2, 0) is 25.5 Å². The second-order valence-corrected chi connectivity index (χ2v) is 5.61. The monoisotopic (exact) mass is 361 g/mol. The van der Waals surface area contributed by atoms with E-state index < -0.39 is 11.9 Å². The fourth-order valence-corrected chi connectivity index (χ4v) is 2.51. The molecule has 0 saturated heterocycles. The highest BCUT2D eigenvalue weighted by Crippen LogP contribution is 2.24. The molecule has 0 unspecified atom stereocenters. The van der Waals surface area contributed by atoms with Crippen LogP contribution in [0.15, 0.2) is 29.8 Å². The van der Waals surface area contributed by atoms with Crippen molar-refractivity contribution < 1.29 is 19.1 Å². The Morgan fingerprint density at radius 3 is 2.28 bits per heavy atom. The van der Waals surface area contributed by atoms with Gasteiger partial charge in [-0.15, -0.1) is 0 Å². The van der Waals surface area contributed by atoms with Crippen LogP contribution in [0, 0.1) is 0 Å². The fourth-order valence-electron chi connectivity index (χ4n) is 2.31. The zero-order valence-electron chi connectivity index (χ0n) is 14.5. The number of carbonyl (C=O) groups excluding carboxylic acids is 2. The lowest BCUT2D eigenvalue weighted by atomic mass is 10.1. The normalized spacial score (nSPS) is 10.4. The Morgan fingerprint density at radius 2 is 1.72 bits per heavy atom. The highest BCUT2D eigenvalue weighted by molar-refractivity contribution is 6.32. The summed E-state index contributed by atoms with van der Waals surface area (Å²) in [6.07, 6.45) is 2.25. The van der Waals surface area contributed by atoms with Gasteiger partial charge in [-0.05, 0) is 50.1 Å². The molecule has 1 aromatic heterocycles. The van der Waals surface area contributed by atoms with E-state index in [1.165, 1.54) is 6.08 Å². The molecule has 2 aromatic rings.